The zero-order chi connectivity index (χ0) is 18.8. The van der Waals surface area contributed by atoms with Gasteiger partial charge in [-0.15, -0.1) is 0 Å². The molecule has 4 heteroatoms. The number of methoxy groups -OCH3 is 1. The minimum absolute atomic E-state index is 0.0749. The van der Waals surface area contributed by atoms with Gasteiger partial charge < -0.3 is 4.74 Å². The highest BCUT2D eigenvalue weighted by atomic mass is 16.5. The minimum atomic E-state index is -0.247. The monoisotopic (exact) mass is 356 g/mol. The smallest absolute Gasteiger partial charge is 0.262 e. The average Bonchev–Trinajstić information content (AvgIpc) is 2.72. The summed E-state index contributed by atoms with van der Waals surface area (Å²) in [4.78, 5) is 18.2. The molecule has 27 heavy (non-hydrogen) atoms. The van der Waals surface area contributed by atoms with E-state index in [9.17, 15) is 4.79 Å². The second-order valence-corrected chi connectivity index (χ2v) is 6.44. The Labute approximate surface area is 157 Å². The van der Waals surface area contributed by atoms with Gasteiger partial charge in [-0.1, -0.05) is 60.7 Å². The van der Waals surface area contributed by atoms with E-state index in [1.54, 1.807) is 17.7 Å². The van der Waals surface area contributed by atoms with Crippen molar-refractivity contribution in [2.45, 2.75) is 13.0 Å². The maximum atomic E-state index is 13.5. The van der Waals surface area contributed by atoms with Gasteiger partial charge in [0.2, 0.25) is 0 Å². The van der Waals surface area contributed by atoms with Crippen LogP contribution in [-0.2, 0) is 0 Å². The molecule has 0 saturated heterocycles. The van der Waals surface area contributed by atoms with E-state index in [0.717, 1.165) is 11.1 Å². The highest BCUT2D eigenvalue weighted by Crippen LogP contribution is 2.27. The number of ether oxygens (including phenoxy) is 1. The molecule has 4 aromatic rings. The first-order valence-electron chi connectivity index (χ1n) is 8.86. The fourth-order valence-corrected chi connectivity index (χ4v) is 3.48. The highest BCUT2D eigenvalue weighted by Gasteiger charge is 2.21. The Balaban J connectivity index is 2.03. The molecule has 1 heterocycles. The zero-order valence-corrected chi connectivity index (χ0v) is 15.3. The minimum Gasteiger partial charge on any atom is -0.497 e. The van der Waals surface area contributed by atoms with Crippen molar-refractivity contribution >= 4 is 10.9 Å². The number of hydrogen-bond acceptors (Lipinski definition) is 3. The van der Waals surface area contributed by atoms with E-state index in [-0.39, 0.29) is 11.6 Å². The molecule has 0 aliphatic carbocycles. The summed E-state index contributed by atoms with van der Waals surface area (Å²) in [7, 11) is 1.60. The Kier molecular flexibility index (Phi) is 4.47. The molecule has 0 saturated carbocycles. The molecule has 0 aliphatic rings. The van der Waals surface area contributed by atoms with Crippen LogP contribution in [0.4, 0.5) is 0 Å². The van der Waals surface area contributed by atoms with Gasteiger partial charge in [0, 0.05) is 0 Å². The first-order chi connectivity index (χ1) is 13.2. The van der Waals surface area contributed by atoms with Crippen molar-refractivity contribution < 1.29 is 4.74 Å². The summed E-state index contributed by atoms with van der Waals surface area (Å²) in [6.07, 6.45) is 0. The van der Waals surface area contributed by atoms with Gasteiger partial charge in [0.05, 0.1) is 24.1 Å². The number of rotatable bonds is 4. The topological polar surface area (TPSA) is 44.1 Å². The second-order valence-electron chi connectivity index (χ2n) is 6.44. The number of hydrogen-bond donors (Lipinski definition) is 0. The van der Waals surface area contributed by atoms with Crippen LogP contribution in [0.3, 0.4) is 0 Å². The van der Waals surface area contributed by atoms with E-state index in [1.807, 2.05) is 79.7 Å². The molecule has 0 spiro atoms. The normalized spacial score (nSPS) is 11.1. The third kappa shape index (κ3) is 3.10. The molecular weight excluding hydrogens is 336 g/mol. The predicted molar refractivity (Wildman–Crippen MR) is 107 cm³/mol. The molecule has 0 bridgehead atoms. The molecule has 0 aliphatic heterocycles. The van der Waals surface area contributed by atoms with Crippen LogP contribution in [0.25, 0.3) is 10.9 Å². The summed E-state index contributed by atoms with van der Waals surface area (Å²) in [5.41, 5.74) is 2.68. The SMILES string of the molecule is COc1ccc2nc(C)n(C(c3ccccc3)c3ccccc3)c(=O)c2c1. The quantitative estimate of drug-likeness (QED) is 0.546. The average molecular weight is 356 g/mol. The Morgan fingerprint density at radius 3 is 2.04 bits per heavy atom. The summed E-state index contributed by atoms with van der Waals surface area (Å²) < 4.78 is 7.07. The molecule has 0 N–H and O–H groups in total. The standard InChI is InChI=1S/C23H20N2O2/c1-16-24-21-14-13-19(27-2)15-20(21)23(26)25(16)22(17-9-5-3-6-10-17)18-11-7-4-8-12-18/h3-15,22H,1-2H3. The molecular formula is C23H20N2O2. The summed E-state index contributed by atoms with van der Waals surface area (Å²) in [6, 6.07) is 25.2. The number of aryl methyl sites for hydroxylation is 1. The van der Waals surface area contributed by atoms with Gasteiger partial charge in [0.1, 0.15) is 11.6 Å². The van der Waals surface area contributed by atoms with Crippen LogP contribution in [-0.4, -0.2) is 16.7 Å². The Bertz CT molecular complexity index is 1100. The van der Waals surface area contributed by atoms with Crippen molar-refractivity contribution in [2.24, 2.45) is 0 Å². The van der Waals surface area contributed by atoms with E-state index in [0.29, 0.717) is 22.5 Å². The van der Waals surface area contributed by atoms with Crippen LogP contribution < -0.4 is 10.3 Å². The molecule has 0 atom stereocenters. The van der Waals surface area contributed by atoms with Crippen molar-refractivity contribution in [2.75, 3.05) is 7.11 Å². The van der Waals surface area contributed by atoms with Gasteiger partial charge >= 0.3 is 0 Å². The maximum absolute atomic E-state index is 13.5. The molecule has 3 aromatic carbocycles. The molecule has 1 aromatic heterocycles. The summed E-state index contributed by atoms with van der Waals surface area (Å²) in [6.45, 7) is 1.88. The van der Waals surface area contributed by atoms with Crippen molar-refractivity contribution in [3.8, 4) is 5.75 Å². The van der Waals surface area contributed by atoms with Crippen LogP contribution in [0, 0.1) is 6.92 Å². The van der Waals surface area contributed by atoms with Crippen molar-refractivity contribution in [1.29, 1.82) is 0 Å². The van der Waals surface area contributed by atoms with Crippen molar-refractivity contribution in [3.63, 3.8) is 0 Å². The lowest BCUT2D eigenvalue weighted by atomic mass is 9.98. The number of benzene rings is 3. The summed E-state index contributed by atoms with van der Waals surface area (Å²) in [5, 5.41) is 0.553. The molecule has 4 rings (SSSR count). The first-order valence-corrected chi connectivity index (χ1v) is 8.86. The maximum Gasteiger partial charge on any atom is 0.262 e. The molecule has 4 nitrogen and oxygen atoms in total. The van der Waals surface area contributed by atoms with Gasteiger partial charge in [0.15, 0.2) is 0 Å². The number of fused-ring (bicyclic) bond motifs is 1. The van der Waals surface area contributed by atoms with Crippen LogP contribution in [0.1, 0.15) is 23.0 Å². The fraction of sp³-hybridized carbons (Fsp3) is 0.130. The first kappa shape index (κ1) is 17.0. The Morgan fingerprint density at radius 2 is 1.48 bits per heavy atom. The predicted octanol–water partition coefficient (Wildman–Crippen LogP) is 4.35. The largest absolute Gasteiger partial charge is 0.497 e. The van der Waals surface area contributed by atoms with E-state index >= 15 is 0 Å². The van der Waals surface area contributed by atoms with Crippen LogP contribution in [0.5, 0.6) is 5.75 Å². The van der Waals surface area contributed by atoms with E-state index in [1.165, 1.54) is 0 Å². The van der Waals surface area contributed by atoms with Crippen LogP contribution >= 0.6 is 0 Å². The Morgan fingerprint density at radius 1 is 0.889 bits per heavy atom. The van der Waals surface area contributed by atoms with Gasteiger partial charge in [-0.25, -0.2) is 4.98 Å². The van der Waals surface area contributed by atoms with E-state index in [4.69, 9.17) is 9.72 Å². The lowest BCUT2D eigenvalue weighted by Crippen LogP contribution is -2.29. The molecule has 0 radical (unpaired) electrons. The van der Waals surface area contributed by atoms with E-state index in [2.05, 4.69) is 0 Å². The molecule has 0 amide bonds. The zero-order valence-electron chi connectivity index (χ0n) is 15.3. The molecule has 134 valence electrons. The van der Waals surface area contributed by atoms with E-state index < -0.39 is 0 Å². The Hall–Kier alpha value is -3.40. The van der Waals surface area contributed by atoms with Crippen LogP contribution in [0.2, 0.25) is 0 Å². The van der Waals surface area contributed by atoms with Gasteiger partial charge in [0.25, 0.3) is 5.56 Å². The fourth-order valence-electron chi connectivity index (χ4n) is 3.48. The highest BCUT2D eigenvalue weighted by molar-refractivity contribution is 5.79. The summed E-state index contributed by atoms with van der Waals surface area (Å²) in [5.74, 6) is 1.32. The van der Waals surface area contributed by atoms with Gasteiger partial charge in [-0.2, -0.15) is 0 Å². The number of nitrogens with zero attached hydrogens (tertiary/aromatic N) is 2. The van der Waals surface area contributed by atoms with Crippen molar-refractivity contribution in [3.05, 3.63) is 106 Å². The van der Waals surface area contributed by atoms with Gasteiger partial charge in [-0.05, 0) is 36.2 Å². The number of aromatic nitrogens is 2. The second kappa shape index (κ2) is 7.08. The lowest BCUT2D eigenvalue weighted by Gasteiger charge is -2.23. The van der Waals surface area contributed by atoms with Gasteiger partial charge in [-0.3, -0.25) is 9.36 Å². The van der Waals surface area contributed by atoms with Crippen LogP contribution in [0.15, 0.2) is 83.7 Å². The summed E-state index contributed by atoms with van der Waals surface area (Å²) >= 11 is 0. The molecule has 0 unspecified atom stereocenters. The lowest BCUT2D eigenvalue weighted by molar-refractivity contribution is 0.415. The third-order valence-electron chi connectivity index (χ3n) is 4.77. The third-order valence-corrected chi connectivity index (χ3v) is 4.77. The molecule has 0 fully saturated rings. The van der Waals surface area contributed by atoms with Crippen molar-refractivity contribution in [1.82, 2.24) is 9.55 Å².